The van der Waals surface area contributed by atoms with Gasteiger partial charge >= 0.3 is 0 Å². The van der Waals surface area contributed by atoms with Gasteiger partial charge in [-0.3, -0.25) is 4.79 Å². The molecule has 0 bridgehead atoms. The van der Waals surface area contributed by atoms with Crippen LogP contribution >= 0.6 is 11.8 Å². The summed E-state index contributed by atoms with van der Waals surface area (Å²) in [5, 5.41) is 2.91. The first-order valence-corrected chi connectivity index (χ1v) is 12.2. The molecule has 0 aliphatic carbocycles. The van der Waals surface area contributed by atoms with E-state index in [-0.39, 0.29) is 17.3 Å². The van der Waals surface area contributed by atoms with Crippen LogP contribution in [0, 0.1) is 0 Å². The summed E-state index contributed by atoms with van der Waals surface area (Å²) >= 11 is 1.58. The molecule has 1 aliphatic rings. The number of hydrogen-bond acceptors (Lipinski definition) is 4. The molecular formula is C23H22N2O3S2. The topological polar surface area (TPSA) is 66.5 Å². The van der Waals surface area contributed by atoms with E-state index in [4.69, 9.17) is 0 Å². The van der Waals surface area contributed by atoms with Crippen molar-refractivity contribution in [1.82, 2.24) is 4.31 Å². The molecule has 1 heterocycles. The first kappa shape index (κ1) is 20.7. The fourth-order valence-corrected chi connectivity index (χ4v) is 5.67. The van der Waals surface area contributed by atoms with E-state index in [1.54, 1.807) is 42.1 Å². The number of rotatable bonds is 5. The number of thioether (sulfide) groups is 1. The van der Waals surface area contributed by atoms with E-state index in [1.165, 1.54) is 4.31 Å². The highest BCUT2D eigenvalue weighted by molar-refractivity contribution is 7.98. The summed E-state index contributed by atoms with van der Waals surface area (Å²) < 4.78 is 28.1. The van der Waals surface area contributed by atoms with Gasteiger partial charge in [-0.1, -0.05) is 48.5 Å². The van der Waals surface area contributed by atoms with Gasteiger partial charge < -0.3 is 5.32 Å². The molecule has 4 rings (SSSR count). The van der Waals surface area contributed by atoms with E-state index < -0.39 is 16.1 Å². The minimum atomic E-state index is -3.84. The third-order valence-electron chi connectivity index (χ3n) is 5.20. The largest absolute Gasteiger partial charge is 0.325 e. The lowest BCUT2D eigenvalue weighted by molar-refractivity contribution is -0.120. The van der Waals surface area contributed by atoms with Crippen LogP contribution in [0.4, 0.5) is 5.69 Å². The number of amides is 1. The molecule has 3 aromatic carbocycles. The second kappa shape index (κ2) is 8.63. The lowest BCUT2D eigenvalue weighted by atomic mass is 9.95. The maximum absolute atomic E-state index is 13.4. The average Bonchev–Trinajstić information content (AvgIpc) is 2.79. The Morgan fingerprint density at radius 1 is 0.967 bits per heavy atom. The highest BCUT2D eigenvalue weighted by Crippen LogP contribution is 2.30. The minimum Gasteiger partial charge on any atom is -0.325 e. The molecule has 30 heavy (non-hydrogen) atoms. The zero-order valence-electron chi connectivity index (χ0n) is 16.5. The van der Waals surface area contributed by atoms with Gasteiger partial charge in [0.25, 0.3) is 0 Å². The molecule has 0 spiro atoms. The predicted octanol–water partition coefficient (Wildman–Crippen LogP) is 4.16. The molecule has 0 saturated carbocycles. The Morgan fingerprint density at radius 2 is 1.67 bits per heavy atom. The fourth-order valence-electron chi connectivity index (χ4n) is 3.63. The van der Waals surface area contributed by atoms with Crippen molar-refractivity contribution in [2.24, 2.45) is 0 Å². The van der Waals surface area contributed by atoms with Crippen LogP contribution in [0.5, 0.6) is 0 Å². The van der Waals surface area contributed by atoms with E-state index in [0.29, 0.717) is 12.1 Å². The number of carbonyl (C=O) groups is 1. The Kier molecular flexibility index (Phi) is 5.94. The molecule has 0 unspecified atom stereocenters. The summed E-state index contributed by atoms with van der Waals surface area (Å²) in [6.07, 6.45) is 2.30. The van der Waals surface area contributed by atoms with Crippen LogP contribution in [0.15, 0.2) is 88.7 Å². The van der Waals surface area contributed by atoms with E-state index >= 15 is 0 Å². The Labute approximate surface area is 181 Å². The summed E-state index contributed by atoms with van der Waals surface area (Å²) in [6, 6.07) is 22.6. The third kappa shape index (κ3) is 4.14. The van der Waals surface area contributed by atoms with Crippen LogP contribution in [0.1, 0.15) is 11.1 Å². The molecule has 0 radical (unpaired) electrons. The number of nitrogens with zero attached hydrogens (tertiary/aromatic N) is 1. The first-order valence-electron chi connectivity index (χ1n) is 9.57. The molecule has 0 saturated heterocycles. The third-order valence-corrected chi connectivity index (χ3v) is 7.79. The van der Waals surface area contributed by atoms with E-state index in [0.717, 1.165) is 16.0 Å². The van der Waals surface area contributed by atoms with Crippen molar-refractivity contribution in [3.05, 3.63) is 90.0 Å². The van der Waals surface area contributed by atoms with Gasteiger partial charge in [-0.2, -0.15) is 4.31 Å². The van der Waals surface area contributed by atoms with Gasteiger partial charge in [0.2, 0.25) is 15.9 Å². The van der Waals surface area contributed by atoms with Gasteiger partial charge in [-0.15, -0.1) is 11.8 Å². The van der Waals surface area contributed by atoms with Crippen LogP contribution in [-0.2, 0) is 27.8 Å². The van der Waals surface area contributed by atoms with Gasteiger partial charge in [0.05, 0.1) is 4.90 Å². The zero-order valence-corrected chi connectivity index (χ0v) is 18.1. The Bertz CT molecular complexity index is 1160. The molecule has 0 aromatic heterocycles. The molecular weight excluding hydrogens is 416 g/mol. The summed E-state index contributed by atoms with van der Waals surface area (Å²) in [6.45, 7) is 0.163. The molecule has 3 aromatic rings. The number of hydrogen-bond donors (Lipinski definition) is 1. The van der Waals surface area contributed by atoms with Crippen molar-refractivity contribution in [1.29, 1.82) is 0 Å². The number of anilines is 1. The summed E-state index contributed by atoms with van der Waals surface area (Å²) in [5.74, 6) is -0.331. The van der Waals surface area contributed by atoms with Crippen molar-refractivity contribution in [3.8, 4) is 0 Å². The zero-order chi connectivity index (χ0) is 21.1. The lowest BCUT2D eigenvalue weighted by Crippen LogP contribution is -2.50. The Balaban J connectivity index is 1.70. The summed E-state index contributed by atoms with van der Waals surface area (Å²) in [7, 11) is -3.84. The molecule has 1 amide bonds. The highest BCUT2D eigenvalue weighted by atomic mass is 32.2. The van der Waals surface area contributed by atoms with E-state index in [1.807, 2.05) is 54.8 Å². The standard InChI is InChI=1S/C23H22N2O3S2/c1-29-20-11-7-10-19(15-20)24-23(26)22-14-17-8-5-6-9-18(17)16-25(22)30(27,28)21-12-3-2-4-13-21/h2-13,15,22H,14,16H2,1H3,(H,24,26)/t22-/m1/s1. The van der Waals surface area contributed by atoms with Crippen molar-refractivity contribution >= 4 is 33.4 Å². The Morgan fingerprint density at radius 3 is 2.40 bits per heavy atom. The number of fused-ring (bicyclic) bond motifs is 1. The maximum atomic E-state index is 13.4. The smallest absolute Gasteiger partial charge is 0.244 e. The summed E-state index contributed by atoms with van der Waals surface area (Å²) in [4.78, 5) is 14.5. The van der Waals surface area contributed by atoms with Gasteiger partial charge in [0.15, 0.2) is 0 Å². The Hall–Kier alpha value is -2.61. The van der Waals surface area contributed by atoms with Crippen LogP contribution in [-0.4, -0.2) is 30.9 Å². The second-order valence-corrected chi connectivity index (χ2v) is 9.84. The predicted molar refractivity (Wildman–Crippen MR) is 120 cm³/mol. The maximum Gasteiger partial charge on any atom is 0.244 e. The monoisotopic (exact) mass is 438 g/mol. The normalized spacial score (nSPS) is 16.6. The van der Waals surface area contributed by atoms with Gasteiger partial charge in [-0.05, 0) is 54.1 Å². The fraction of sp³-hybridized carbons (Fsp3) is 0.174. The summed E-state index contributed by atoms with van der Waals surface area (Å²) in [5.41, 5.74) is 2.57. The minimum absolute atomic E-state index is 0.163. The van der Waals surface area contributed by atoms with E-state index in [9.17, 15) is 13.2 Å². The molecule has 0 fully saturated rings. The molecule has 5 nitrogen and oxygen atoms in total. The molecule has 1 aliphatic heterocycles. The van der Waals surface area contributed by atoms with E-state index in [2.05, 4.69) is 5.32 Å². The lowest BCUT2D eigenvalue weighted by Gasteiger charge is -2.35. The molecule has 154 valence electrons. The number of sulfonamides is 1. The SMILES string of the molecule is CSc1cccc(NC(=O)[C@H]2Cc3ccccc3CN2S(=O)(=O)c2ccccc2)c1. The van der Waals surface area contributed by atoms with Gasteiger partial charge in [0, 0.05) is 17.1 Å². The van der Waals surface area contributed by atoms with Crippen LogP contribution in [0.2, 0.25) is 0 Å². The van der Waals surface area contributed by atoms with Crippen molar-refractivity contribution in [2.75, 3.05) is 11.6 Å². The van der Waals surface area contributed by atoms with Gasteiger partial charge in [-0.25, -0.2) is 8.42 Å². The van der Waals surface area contributed by atoms with Crippen LogP contribution in [0.25, 0.3) is 0 Å². The molecule has 7 heteroatoms. The van der Waals surface area contributed by atoms with Gasteiger partial charge in [0.1, 0.15) is 6.04 Å². The number of benzene rings is 3. The average molecular weight is 439 g/mol. The van der Waals surface area contributed by atoms with Crippen molar-refractivity contribution in [2.45, 2.75) is 28.8 Å². The second-order valence-electron chi connectivity index (χ2n) is 7.07. The first-order chi connectivity index (χ1) is 14.5. The number of nitrogens with one attached hydrogen (secondary N) is 1. The molecule has 1 atom stereocenters. The quantitative estimate of drug-likeness (QED) is 0.608. The van der Waals surface area contributed by atoms with Crippen LogP contribution < -0.4 is 5.32 Å². The highest BCUT2D eigenvalue weighted by Gasteiger charge is 2.39. The van der Waals surface area contributed by atoms with Crippen molar-refractivity contribution in [3.63, 3.8) is 0 Å². The number of carbonyl (C=O) groups excluding carboxylic acids is 1. The van der Waals surface area contributed by atoms with Crippen LogP contribution in [0.3, 0.4) is 0 Å². The molecule has 1 N–H and O–H groups in total. The van der Waals surface area contributed by atoms with Crippen molar-refractivity contribution < 1.29 is 13.2 Å².